The van der Waals surface area contributed by atoms with Gasteiger partial charge in [0, 0.05) is 17.6 Å². The summed E-state index contributed by atoms with van der Waals surface area (Å²) in [6, 6.07) is 7.73. The van der Waals surface area contributed by atoms with E-state index in [2.05, 4.69) is 23.8 Å². The Bertz CT molecular complexity index is 716. The third-order valence-corrected chi connectivity index (χ3v) is 5.28. The van der Waals surface area contributed by atoms with Crippen molar-refractivity contribution in [3.8, 4) is 5.75 Å². The van der Waals surface area contributed by atoms with Crippen LogP contribution in [0.1, 0.15) is 31.4 Å². The first-order valence-corrected chi connectivity index (χ1v) is 8.60. The molecule has 0 saturated carbocycles. The molecule has 1 aromatic heterocycles. The number of hydrogen-bond donors (Lipinski definition) is 2. The zero-order chi connectivity index (χ0) is 17.1. The molecule has 4 atom stereocenters. The summed E-state index contributed by atoms with van der Waals surface area (Å²) in [5.41, 5.74) is 1.78. The number of allylic oxidation sites excluding steroid dienone is 1. The highest BCUT2D eigenvalue weighted by atomic mass is 16.5. The number of ether oxygens (including phenoxy) is 1. The van der Waals surface area contributed by atoms with E-state index in [0.29, 0.717) is 11.8 Å². The van der Waals surface area contributed by atoms with E-state index in [1.54, 1.807) is 13.3 Å². The summed E-state index contributed by atoms with van der Waals surface area (Å²) in [7, 11) is 1.65. The molecule has 0 bridgehead atoms. The van der Waals surface area contributed by atoms with E-state index in [4.69, 9.17) is 4.74 Å². The second kappa shape index (κ2) is 7.32. The number of pyridine rings is 1. The first-order valence-electron chi connectivity index (χ1n) is 8.60. The second-order valence-corrected chi connectivity index (χ2v) is 6.67. The van der Waals surface area contributed by atoms with Crippen molar-refractivity contribution >= 4 is 10.9 Å². The van der Waals surface area contributed by atoms with Crippen LogP contribution < -0.4 is 10.1 Å². The minimum atomic E-state index is -0.567. The monoisotopic (exact) mass is 326 g/mol. The number of hydrogen-bond acceptors (Lipinski definition) is 4. The Morgan fingerprint density at radius 1 is 1.42 bits per heavy atom. The van der Waals surface area contributed by atoms with Crippen molar-refractivity contribution in [2.24, 2.45) is 11.8 Å². The minimum absolute atomic E-state index is 0.0444. The van der Waals surface area contributed by atoms with E-state index >= 15 is 0 Å². The van der Waals surface area contributed by atoms with Gasteiger partial charge in [0.2, 0.25) is 0 Å². The molecule has 1 aromatic carbocycles. The molecule has 0 spiro atoms. The smallest absolute Gasteiger partial charge is 0.119 e. The number of nitrogens with zero attached hydrogens (tertiary/aromatic N) is 1. The number of nitrogens with one attached hydrogen (secondary N) is 1. The normalized spacial score (nSPS) is 23.6. The lowest BCUT2D eigenvalue weighted by Crippen LogP contribution is -2.43. The van der Waals surface area contributed by atoms with Gasteiger partial charge < -0.3 is 15.2 Å². The van der Waals surface area contributed by atoms with Gasteiger partial charge in [0.15, 0.2) is 0 Å². The lowest BCUT2D eigenvalue weighted by molar-refractivity contribution is 0.0932. The van der Waals surface area contributed by atoms with Gasteiger partial charge in [0.05, 0.1) is 18.7 Å². The quantitative estimate of drug-likeness (QED) is 0.826. The van der Waals surface area contributed by atoms with Crippen LogP contribution in [-0.4, -0.2) is 29.8 Å². The predicted octanol–water partition coefficient (Wildman–Crippen LogP) is 3.47. The summed E-state index contributed by atoms with van der Waals surface area (Å²) in [4.78, 5) is 4.40. The Hall–Kier alpha value is -1.91. The van der Waals surface area contributed by atoms with Gasteiger partial charge in [-0.1, -0.05) is 13.0 Å². The van der Waals surface area contributed by atoms with Crippen molar-refractivity contribution in [1.82, 2.24) is 10.3 Å². The number of methoxy groups -OCH3 is 1. The molecule has 3 rings (SSSR count). The highest BCUT2D eigenvalue weighted by Crippen LogP contribution is 2.33. The molecule has 4 nitrogen and oxygen atoms in total. The number of aliphatic hydroxyl groups excluding tert-OH is 1. The van der Waals surface area contributed by atoms with Gasteiger partial charge in [0.25, 0.3) is 0 Å². The van der Waals surface area contributed by atoms with Gasteiger partial charge >= 0.3 is 0 Å². The standard InChI is InChI=1S/C20H26N2O2/c1-4-13(2)14-7-9-22-19(11-14)20(23)16-8-10-21-18-6-5-15(24-3)12-17(16)18/h4-6,8,10,12-14,19-20,22-23H,1,7,9,11H2,2-3H3/t13-,14?,19?,20+/m1/s1. The maximum absolute atomic E-state index is 11.0. The highest BCUT2D eigenvalue weighted by Gasteiger charge is 2.30. The van der Waals surface area contributed by atoms with Crippen LogP contribution in [0.3, 0.4) is 0 Å². The zero-order valence-electron chi connectivity index (χ0n) is 14.4. The third-order valence-electron chi connectivity index (χ3n) is 5.28. The van der Waals surface area contributed by atoms with E-state index in [1.165, 1.54) is 0 Å². The van der Waals surface area contributed by atoms with Crippen LogP contribution in [0.4, 0.5) is 0 Å². The van der Waals surface area contributed by atoms with Crippen molar-refractivity contribution < 1.29 is 9.84 Å². The van der Waals surface area contributed by atoms with Crippen LogP contribution in [0.25, 0.3) is 10.9 Å². The number of aliphatic hydroxyl groups is 1. The molecule has 0 amide bonds. The zero-order valence-corrected chi connectivity index (χ0v) is 14.4. The molecule has 1 aliphatic rings. The Morgan fingerprint density at radius 3 is 3.00 bits per heavy atom. The van der Waals surface area contributed by atoms with Crippen LogP contribution in [-0.2, 0) is 0 Å². The van der Waals surface area contributed by atoms with Gasteiger partial charge in [-0.25, -0.2) is 0 Å². The molecule has 128 valence electrons. The Balaban J connectivity index is 1.90. The molecule has 1 fully saturated rings. The first-order chi connectivity index (χ1) is 11.6. The molecule has 2 N–H and O–H groups in total. The lowest BCUT2D eigenvalue weighted by Gasteiger charge is -2.35. The van der Waals surface area contributed by atoms with E-state index < -0.39 is 6.10 Å². The summed E-state index contributed by atoms with van der Waals surface area (Å²) in [6.07, 6.45) is 5.29. The molecular weight excluding hydrogens is 300 g/mol. The van der Waals surface area contributed by atoms with Gasteiger partial charge in [-0.05, 0) is 61.1 Å². The van der Waals surface area contributed by atoms with Crippen LogP contribution in [0.15, 0.2) is 43.1 Å². The van der Waals surface area contributed by atoms with Crippen LogP contribution >= 0.6 is 0 Å². The van der Waals surface area contributed by atoms with Crippen LogP contribution in [0.2, 0.25) is 0 Å². The maximum atomic E-state index is 11.0. The predicted molar refractivity (Wildman–Crippen MR) is 97.1 cm³/mol. The van der Waals surface area contributed by atoms with E-state index in [0.717, 1.165) is 41.6 Å². The summed E-state index contributed by atoms with van der Waals surface area (Å²) >= 11 is 0. The summed E-state index contributed by atoms with van der Waals surface area (Å²) in [5.74, 6) is 1.81. The number of aromatic nitrogens is 1. The maximum Gasteiger partial charge on any atom is 0.119 e. The van der Waals surface area contributed by atoms with Gasteiger partial charge in [-0.15, -0.1) is 6.58 Å². The van der Waals surface area contributed by atoms with Crippen molar-refractivity contribution in [3.63, 3.8) is 0 Å². The minimum Gasteiger partial charge on any atom is -0.497 e. The SMILES string of the molecule is C=C[C@@H](C)C1CCNC([C@@H](O)c2ccnc3ccc(OC)cc23)C1. The summed E-state index contributed by atoms with van der Waals surface area (Å²) in [5, 5.41) is 15.5. The summed E-state index contributed by atoms with van der Waals surface area (Å²) < 4.78 is 5.33. The fourth-order valence-electron chi connectivity index (χ4n) is 3.64. The fourth-order valence-corrected chi connectivity index (χ4v) is 3.64. The second-order valence-electron chi connectivity index (χ2n) is 6.67. The van der Waals surface area contributed by atoms with E-state index in [-0.39, 0.29) is 6.04 Å². The number of rotatable bonds is 5. The molecule has 1 aliphatic heterocycles. The van der Waals surface area contributed by atoms with E-state index in [1.807, 2.05) is 30.3 Å². The van der Waals surface area contributed by atoms with Crippen molar-refractivity contribution in [3.05, 3.63) is 48.7 Å². The van der Waals surface area contributed by atoms with Crippen LogP contribution in [0, 0.1) is 11.8 Å². The topological polar surface area (TPSA) is 54.4 Å². The van der Waals surface area contributed by atoms with E-state index in [9.17, 15) is 5.11 Å². The first kappa shape index (κ1) is 16.9. The molecule has 1 saturated heterocycles. The highest BCUT2D eigenvalue weighted by molar-refractivity contribution is 5.83. The number of benzene rings is 1. The Kier molecular flexibility index (Phi) is 5.17. The molecule has 2 aromatic rings. The average molecular weight is 326 g/mol. The van der Waals surface area contributed by atoms with Gasteiger partial charge in [0.1, 0.15) is 5.75 Å². The average Bonchev–Trinajstić information content (AvgIpc) is 2.65. The van der Waals surface area contributed by atoms with Crippen molar-refractivity contribution in [2.45, 2.75) is 31.9 Å². The Morgan fingerprint density at radius 2 is 2.25 bits per heavy atom. The molecule has 2 heterocycles. The molecule has 4 heteroatoms. The number of piperidine rings is 1. The molecular formula is C20H26N2O2. The number of fused-ring (bicyclic) bond motifs is 1. The Labute approximate surface area is 143 Å². The lowest BCUT2D eigenvalue weighted by atomic mass is 9.80. The molecule has 0 radical (unpaired) electrons. The fraction of sp³-hybridized carbons (Fsp3) is 0.450. The largest absolute Gasteiger partial charge is 0.497 e. The molecule has 0 aliphatic carbocycles. The molecule has 2 unspecified atom stereocenters. The van der Waals surface area contributed by atoms with Gasteiger partial charge in [-0.2, -0.15) is 0 Å². The van der Waals surface area contributed by atoms with Crippen molar-refractivity contribution in [1.29, 1.82) is 0 Å². The third kappa shape index (κ3) is 3.30. The summed E-state index contributed by atoms with van der Waals surface area (Å²) in [6.45, 7) is 7.05. The van der Waals surface area contributed by atoms with Crippen LogP contribution in [0.5, 0.6) is 5.75 Å². The van der Waals surface area contributed by atoms with Crippen molar-refractivity contribution in [2.75, 3.05) is 13.7 Å². The van der Waals surface area contributed by atoms with Gasteiger partial charge in [-0.3, -0.25) is 4.98 Å². The molecule has 24 heavy (non-hydrogen) atoms.